The Balaban J connectivity index is 1.38. The van der Waals surface area contributed by atoms with E-state index in [2.05, 4.69) is 20.8 Å². The minimum atomic E-state index is 0.380. The lowest BCUT2D eigenvalue weighted by Gasteiger charge is -2.64. The molecule has 5 aliphatic rings. The third-order valence-corrected chi connectivity index (χ3v) is 10.8. The summed E-state index contributed by atoms with van der Waals surface area (Å²) >= 11 is 0. The second-order valence-corrected chi connectivity index (χ2v) is 11.7. The molecule has 0 aromatic carbocycles. The molecule has 2 heteroatoms. The van der Waals surface area contributed by atoms with Crippen molar-refractivity contribution in [1.29, 1.82) is 0 Å². The quantitative estimate of drug-likeness (QED) is 0.725. The molecule has 0 radical (unpaired) electrons. The summed E-state index contributed by atoms with van der Waals surface area (Å²) in [6.45, 7) is 10.1. The summed E-state index contributed by atoms with van der Waals surface area (Å²) in [6.07, 6.45) is 13.0. The van der Waals surface area contributed by atoms with E-state index in [1.807, 2.05) is 0 Å². The summed E-state index contributed by atoms with van der Waals surface area (Å²) < 4.78 is 5.63. The molecule has 1 aliphatic heterocycles. The first kappa shape index (κ1) is 18.0. The Bertz CT molecular complexity index is 554. The molecule has 1 heterocycles. The van der Waals surface area contributed by atoms with E-state index < -0.39 is 0 Å². The van der Waals surface area contributed by atoms with Crippen molar-refractivity contribution in [3.63, 3.8) is 0 Å². The van der Waals surface area contributed by atoms with Crippen molar-refractivity contribution in [3.8, 4) is 0 Å². The molecule has 5 fully saturated rings. The first-order chi connectivity index (χ1) is 12.4. The molecule has 4 saturated carbocycles. The van der Waals surface area contributed by atoms with Crippen LogP contribution in [0, 0.1) is 51.8 Å². The van der Waals surface area contributed by atoms with E-state index in [0.717, 1.165) is 42.8 Å². The fourth-order valence-corrected chi connectivity index (χ4v) is 9.17. The van der Waals surface area contributed by atoms with Gasteiger partial charge in [0.2, 0.25) is 0 Å². The lowest BCUT2D eigenvalue weighted by Crippen LogP contribution is -2.57. The minimum absolute atomic E-state index is 0.380. The van der Waals surface area contributed by atoms with E-state index in [4.69, 9.17) is 4.74 Å². The van der Waals surface area contributed by atoms with E-state index in [1.165, 1.54) is 57.8 Å². The van der Waals surface area contributed by atoms with Gasteiger partial charge in [0.15, 0.2) is 0 Å². The van der Waals surface area contributed by atoms with Crippen LogP contribution in [-0.4, -0.2) is 24.9 Å². The van der Waals surface area contributed by atoms with Gasteiger partial charge in [0.1, 0.15) is 0 Å². The number of aliphatic hydroxyl groups is 1. The molecular formula is C24H40O2. The number of ether oxygens (including phenoxy) is 1. The highest BCUT2D eigenvalue weighted by atomic mass is 16.5. The average Bonchev–Trinajstić information content (AvgIpc) is 2.96. The molecule has 0 bridgehead atoms. The first-order valence-corrected chi connectivity index (χ1v) is 11.6. The van der Waals surface area contributed by atoms with E-state index in [1.54, 1.807) is 0 Å². The standard InChI is InChI=1S/C24H40O2/c1-16(13-25)19-6-7-20-18-5-4-17-12-24(14-26-15-24)11-10-22(17,2)21(18)8-9-23(19,20)3/h16-21,25H,4-15H2,1-3H3/t16?,17-,18-,19+,20-,21-,22-,23+/m0/s1. The summed E-state index contributed by atoms with van der Waals surface area (Å²) in [5, 5.41) is 9.80. The van der Waals surface area contributed by atoms with Crippen molar-refractivity contribution in [2.24, 2.45) is 51.8 Å². The second kappa shape index (κ2) is 5.96. The summed E-state index contributed by atoms with van der Waals surface area (Å²) in [7, 11) is 0. The molecule has 4 aliphatic carbocycles. The van der Waals surface area contributed by atoms with Gasteiger partial charge < -0.3 is 9.84 Å². The van der Waals surface area contributed by atoms with E-state index in [0.29, 0.717) is 28.8 Å². The van der Waals surface area contributed by atoms with Gasteiger partial charge in [-0.2, -0.15) is 0 Å². The van der Waals surface area contributed by atoms with Gasteiger partial charge in [-0.05, 0) is 104 Å². The fraction of sp³-hybridized carbons (Fsp3) is 1.00. The highest BCUT2D eigenvalue weighted by Crippen LogP contribution is 2.69. The van der Waals surface area contributed by atoms with Crippen molar-refractivity contribution in [1.82, 2.24) is 0 Å². The van der Waals surface area contributed by atoms with Crippen LogP contribution >= 0.6 is 0 Å². The minimum Gasteiger partial charge on any atom is -0.396 e. The lowest BCUT2D eigenvalue weighted by molar-refractivity contribution is -0.193. The van der Waals surface area contributed by atoms with Gasteiger partial charge in [-0.25, -0.2) is 0 Å². The van der Waals surface area contributed by atoms with Crippen molar-refractivity contribution in [3.05, 3.63) is 0 Å². The second-order valence-electron chi connectivity index (χ2n) is 11.7. The van der Waals surface area contributed by atoms with Crippen molar-refractivity contribution >= 4 is 0 Å². The van der Waals surface area contributed by atoms with Gasteiger partial charge in [-0.1, -0.05) is 20.8 Å². The SMILES string of the molecule is CC(CO)[C@H]1CC[C@H]2[C@@H]3CC[C@H]4CC5(CC[C@]4(C)[C@H]3CC[C@]12C)COC5. The van der Waals surface area contributed by atoms with E-state index in [9.17, 15) is 5.11 Å². The first-order valence-electron chi connectivity index (χ1n) is 11.6. The van der Waals surface area contributed by atoms with Gasteiger partial charge in [0.25, 0.3) is 0 Å². The maximum atomic E-state index is 9.80. The van der Waals surface area contributed by atoms with Crippen LogP contribution in [0.2, 0.25) is 0 Å². The monoisotopic (exact) mass is 360 g/mol. The molecule has 1 N–H and O–H groups in total. The Kier molecular flexibility index (Phi) is 4.12. The maximum Gasteiger partial charge on any atom is 0.0544 e. The Morgan fingerprint density at radius 2 is 1.69 bits per heavy atom. The summed E-state index contributed by atoms with van der Waals surface area (Å²) in [4.78, 5) is 0. The number of fused-ring (bicyclic) bond motifs is 5. The molecule has 2 nitrogen and oxygen atoms in total. The smallest absolute Gasteiger partial charge is 0.0544 e. The third-order valence-electron chi connectivity index (χ3n) is 10.8. The summed E-state index contributed by atoms with van der Waals surface area (Å²) in [5.41, 5.74) is 1.69. The fourth-order valence-electron chi connectivity index (χ4n) is 9.17. The van der Waals surface area contributed by atoms with Gasteiger partial charge in [-0.3, -0.25) is 0 Å². The summed E-state index contributed by atoms with van der Waals surface area (Å²) in [6, 6.07) is 0. The van der Waals surface area contributed by atoms with Crippen LogP contribution < -0.4 is 0 Å². The number of hydrogen-bond acceptors (Lipinski definition) is 2. The van der Waals surface area contributed by atoms with Crippen molar-refractivity contribution in [2.75, 3.05) is 19.8 Å². The molecule has 0 aromatic rings. The van der Waals surface area contributed by atoms with E-state index >= 15 is 0 Å². The predicted molar refractivity (Wildman–Crippen MR) is 105 cm³/mol. The van der Waals surface area contributed by atoms with E-state index in [-0.39, 0.29) is 0 Å². The zero-order chi connectivity index (χ0) is 18.2. The Labute approximate surface area is 160 Å². The molecule has 1 spiro atoms. The molecule has 0 amide bonds. The zero-order valence-corrected chi connectivity index (χ0v) is 17.3. The third kappa shape index (κ3) is 2.30. The van der Waals surface area contributed by atoms with Crippen LogP contribution in [0.25, 0.3) is 0 Å². The number of aliphatic hydroxyl groups excluding tert-OH is 1. The zero-order valence-electron chi connectivity index (χ0n) is 17.3. The van der Waals surface area contributed by atoms with Crippen LogP contribution in [0.4, 0.5) is 0 Å². The number of hydrogen-bond donors (Lipinski definition) is 1. The molecule has 0 aromatic heterocycles. The van der Waals surface area contributed by atoms with Crippen LogP contribution in [-0.2, 0) is 4.74 Å². The highest BCUT2D eigenvalue weighted by Gasteiger charge is 2.62. The normalized spacial score (nSPS) is 53.3. The van der Waals surface area contributed by atoms with Crippen LogP contribution in [0.1, 0.15) is 78.6 Å². The van der Waals surface area contributed by atoms with Crippen LogP contribution in [0.3, 0.4) is 0 Å². The molecule has 8 atom stereocenters. The Morgan fingerprint density at radius 1 is 0.923 bits per heavy atom. The average molecular weight is 361 g/mol. The highest BCUT2D eigenvalue weighted by molar-refractivity contribution is 5.11. The van der Waals surface area contributed by atoms with Gasteiger partial charge in [0, 0.05) is 12.0 Å². The number of rotatable bonds is 2. The molecule has 26 heavy (non-hydrogen) atoms. The largest absolute Gasteiger partial charge is 0.396 e. The van der Waals surface area contributed by atoms with Crippen molar-refractivity contribution < 1.29 is 9.84 Å². The van der Waals surface area contributed by atoms with Gasteiger partial charge in [-0.15, -0.1) is 0 Å². The van der Waals surface area contributed by atoms with Gasteiger partial charge in [0.05, 0.1) is 13.2 Å². The Morgan fingerprint density at radius 3 is 2.38 bits per heavy atom. The van der Waals surface area contributed by atoms with Crippen LogP contribution in [0.5, 0.6) is 0 Å². The molecule has 148 valence electrons. The Hall–Kier alpha value is -0.0800. The molecule has 1 saturated heterocycles. The topological polar surface area (TPSA) is 29.5 Å². The molecular weight excluding hydrogens is 320 g/mol. The molecule has 1 unspecified atom stereocenters. The predicted octanol–water partition coefficient (Wildman–Crippen LogP) is 5.29. The summed E-state index contributed by atoms with van der Waals surface area (Å²) in [5.74, 6) is 5.08. The van der Waals surface area contributed by atoms with Crippen LogP contribution in [0.15, 0.2) is 0 Å². The van der Waals surface area contributed by atoms with Crippen molar-refractivity contribution in [2.45, 2.75) is 78.6 Å². The lowest BCUT2D eigenvalue weighted by atomic mass is 9.42. The maximum absolute atomic E-state index is 9.80. The van der Waals surface area contributed by atoms with Gasteiger partial charge >= 0.3 is 0 Å². The molecule has 5 rings (SSSR count).